The van der Waals surface area contributed by atoms with Gasteiger partial charge in [-0.25, -0.2) is 9.59 Å². The molecule has 0 spiro atoms. The molecular formula is C13H22N2O4. The summed E-state index contributed by atoms with van der Waals surface area (Å²) in [7, 11) is 1.75. The topological polar surface area (TPSA) is 78.9 Å². The summed E-state index contributed by atoms with van der Waals surface area (Å²) in [6, 6.07) is -0.0399. The van der Waals surface area contributed by atoms with E-state index >= 15 is 0 Å². The number of carbonyl (C=O) groups excluding carboxylic acids is 1. The summed E-state index contributed by atoms with van der Waals surface area (Å²) < 4.78 is 5.19. The maximum absolute atomic E-state index is 12.2. The Bertz CT molecular complexity index is 347. The second-order valence-electron chi connectivity index (χ2n) is 5.48. The molecule has 0 aromatic carbocycles. The summed E-state index contributed by atoms with van der Waals surface area (Å²) >= 11 is 0. The van der Waals surface area contributed by atoms with Crippen molar-refractivity contribution in [3.05, 3.63) is 0 Å². The monoisotopic (exact) mass is 270 g/mol. The lowest BCUT2D eigenvalue weighted by Gasteiger charge is -2.36. The Morgan fingerprint density at radius 2 is 1.84 bits per heavy atom. The highest BCUT2D eigenvalue weighted by molar-refractivity contribution is 5.86. The zero-order chi connectivity index (χ0) is 13.9. The smallest absolute Gasteiger partial charge is 0.329 e. The largest absolute Gasteiger partial charge is 0.480 e. The fourth-order valence-corrected chi connectivity index (χ4v) is 2.86. The van der Waals surface area contributed by atoms with Crippen LogP contribution in [-0.2, 0) is 9.53 Å². The van der Waals surface area contributed by atoms with E-state index < -0.39 is 11.5 Å². The van der Waals surface area contributed by atoms with Crippen LogP contribution in [0.15, 0.2) is 0 Å². The van der Waals surface area contributed by atoms with Crippen LogP contribution in [0.2, 0.25) is 0 Å². The highest BCUT2D eigenvalue weighted by Gasteiger charge is 2.42. The number of hydrogen-bond acceptors (Lipinski definition) is 3. The molecule has 1 aliphatic carbocycles. The SMILES string of the molecule is CN(C(=O)NC1(C(=O)O)CCOCC1)C1CCCC1. The van der Waals surface area contributed by atoms with Crippen LogP contribution < -0.4 is 5.32 Å². The third kappa shape index (κ3) is 3.00. The van der Waals surface area contributed by atoms with E-state index in [4.69, 9.17) is 4.74 Å². The summed E-state index contributed by atoms with van der Waals surface area (Å²) in [6.07, 6.45) is 4.94. The number of ether oxygens (including phenoxy) is 1. The van der Waals surface area contributed by atoms with Gasteiger partial charge in [0.05, 0.1) is 0 Å². The number of aliphatic carboxylic acids is 1. The zero-order valence-corrected chi connectivity index (χ0v) is 11.4. The fourth-order valence-electron chi connectivity index (χ4n) is 2.86. The van der Waals surface area contributed by atoms with Gasteiger partial charge in [-0.2, -0.15) is 0 Å². The summed E-state index contributed by atoms with van der Waals surface area (Å²) in [6.45, 7) is 0.749. The van der Waals surface area contributed by atoms with Gasteiger partial charge in [0.15, 0.2) is 0 Å². The number of carboxylic acid groups (broad SMARTS) is 1. The van der Waals surface area contributed by atoms with E-state index in [9.17, 15) is 14.7 Å². The number of carbonyl (C=O) groups is 2. The van der Waals surface area contributed by atoms with Crippen molar-refractivity contribution in [1.29, 1.82) is 0 Å². The molecule has 1 saturated carbocycles. The van der Waals surface area contributed by atoms with Crippen molar-refractivity contribution in [1.82, 2.24) is 10.2 Å². The molecule has 1 aliphatic heterocycles. The van der Waals surface area contributed by atoms with Gasteiger partial charge in [0.2, 0.25) is 0 Å². The lowest BCUT2D eigenvalue weighted by molar-refractivity contribution is -0.148. The minimum atomic E-state index is -1.16. The molecule has 6 heteroatoms. The molecule has 6 nitrogen and oxygen atoms in total. The van der Waals surface area contributed by atoms with Crippen molar-refractivity contribution in [2.24, 2.45) is 0 Å². The number of urea groups is 1. The van der Waals surface area contributed by atoms with E-state index in [-0.39, 0.29) is 12.1 Å². The second-order valence-corrected chi connectivity index (χ2v) is 5.48. The van der Waals surface area contributed by atoms with Gasteiger partial charge in [0, 0.05) is 39.1 Å². The van der Waals surface area contributed by atoms with E-state index in [1.807, 2.05) is 0 Å². The van der Waals surface area contributed by atoms with E-state index in [2.05, 4.69) is 5.32 Å². The van der Waals surface area contributed by atoms with Crippen LogP contribution in [0, 0.1) is 0 Å². The Kier molecular flexibility index (Phi) is 4.29. The molecule has 0 bridgehead atoms. The summed E-state index contributed by atoms with van der Waals surface area (Å²) in [5.74, 6) is -0.969. The van der Waals surface area contributed by atoms with Crippen molar-refractivity contribution in [3.8, 4) is 0 Å². The van der Waals surface area contributed by atoms with Gasteiger partial charge < -0.3 is 20.1 Å². The first-order chi connectivity index (χ1) is 9.05. The Hall–Kier alpha value is -1.30. The Morgan fingerprint density at radius 3 is 2.37 bits per heavy atom. The standard InChI is InChI=1S/C13H22N2O4/c1-15(10-4-2-3-5-10)12(18)14-13(11(16)17)6-8-19-9-7-13/h10H,2-9H2,1H3,(H,14,18)(H,16,17). The molecule has 2 N–H and O–H groups in total. The minimum Gasteiger partial charge on any atom is -0.480 e. The molecule has 1 heterocycles. The highest BCUT2D eigenvalue weighted by Crippen LogP contribution is 2.25. The molecule has 2 fully saturated rings. The molecule has 1 saturated heterocycles. The first-order valence-corrected chi connectivity index (χ1v) is 6.91. The fraction of sp³-hybridized carbons (Fsp3) is 0.846. The predicted molar refractivity (Wildman–Crippen MR) is 69.0 cm³/mol. The summed E-state index contributed by atoms with van der Waals surface area (Å²) in [5, 5.41) is 12.1. The Balaban J connectivity index is 2.00. The maximum Gasteiger partial charge on any atom is 0.329 e. The molecule has 0 aromatic rings. The molecule has 2 rings (SSSR count). The second kappa shape index (κ2) is 5.77. The van der Waals surface area contributed by atoms with Crippen molar-refractivity contribution in [2.75, 3.05) is 20.3 Å². The highest BCUT2D eigenvalue weighted by atomic mass is 16.5. The van der Waals surface area contributed by atoms with Gasteiger partial charge >= 0.3 is 12.0 Å². The van der Waals surface area contributed by atoms with Crippen molar-refractivity contribution < 1.29 is 19.4 Å². The first-order valence-electron chi connectivity index (χ1n) is 6.91. The number of rotatable bonds is 3. The Labute approximate surface area is 113 Å². The average Bonchev–Trinajstić information content (AvgIpc) is 2.92. The van der Waals surface area contributed by atoms with Gasteiger partial charge in [-0.05, 0) is 12.8 Å². The van der Waals surface area contributed by atoms with Crippen molar-refractivity contribution >= 4 is 12.0 Å². The van der Waals surface area contributed by atoms with Crippen LogP contribution in [0.4, 0.5) is 4.79 Å². The van der Waals surface area contributed by atoms with Gasteiger partial charge in [-0.3, -0.25) is 0 Å². The summed E-state index contributed by atoms with van der Waals surface area (Å²) in [5.41, 5.74) is -1.16. The zero-order valence-electron chi connectivity index (χ0n) is 11.4. The minimum absolute atomic E-state index is 0.241. The average molecular weight is 270 g/mol. The van der Waals surface area contributed by atoms with E-state index in [0.29, 0.717) is 26.1 Å². The molecule has 2 amide bonds. The normalized spacial score (nSPS) is 23.0. The maximum atomic E-state index is 12.2. The third-order valence-electron chi connectivity index (χ3n) is 4.29. The molecule has 108 valence electrons. The summed E-state index contributed by atoms with van der Waals surface area (Å²) in [4.78, 5) is 25.3. The van der Waals surface area contributed by atoms with Gasteiger partial charge in [-0.1, -0.05) is 12.8 Å². The number of amides is 2. The molecular weight excluding hydrogens is 248 g/mol. The van der Waals surface area contributed by atoms with Crippen LogP contribution in [0.25, 0.3) is 0 Å². The quantitative estimate of drug-likeness (QED) is 0.807. The van der Waals surface area contributed by atoms with Crippen molar-refractivity contribution in [3.63, 3.8) is 0 Å². The van der Waals surface area contributed by atoms with E-state index in [0.717, 1.165) is 25.7 Å². The van der Waals surface area contributed by atoms with Crippen LogP contribution >= 0.6 is 0 Å². The predicted octanol–water partition coefficient (Wildman–Crippen LogP) is 1.20. The molecule has 0 aromatic heterocycles. The van der Waals surface area contributed by atoms with Crippen LogP contribution in [0.1, 0.15) is 38.5 Å². The molecule has 0 unspecified atom stereocenters. The van der Waals surface area contributed by atoms with Gasteiger partial charge in [0.25, 0.3) is 0 Å². The number of nitrogens with zero attached hydrogens (tertiary/aromatic N) is 1. The van der Waals surface area contributed by atoms with Crippen LogP contribution in [0.5, 0.6) is 0 Å². The van der Waals surface area contributed by atoms with E-state index in [1.165, 1.54) is 0 Å². The molecule has 0 atom stereocenters. The third-order valence-corrected chi connectivity index (χ3v) is 4.29. The molecule has 0 radical (unpaired) electrons. The number of hydrogen-bond donors (Lipinski definition) is 2. The lowest BCUT2D eigenvalue weighted by Crippen LogP contribution is -2.60. The lowest BCUT2D eigenvalue weighted by atomic mass is 9.90. The number of nitrogens with one attached hydrogen (secondary N) is 1. The van der Waals surface area contributed by atoms with Crippen molar-refractivity contribution in [2.45, 2.75) is 50.1 Å². The van der Waals surface area contributed by atoms with Gasteiger partial charge in [0.1, 0.15) is 5.54 Å². The van der Waals surface area contributed by atoms with Crippen LogP contribution in [-0.4, -0.2) is 53.8 Å². The van der Waals surface area contributed by atoms with Gasteiger partial charge in [-0.15, -0.1) is 0 Å². The number of carboxylic acids is 1. The Morgan fingerprint density at radius 1 is 1.26 bits per heavy atom. The van der Waals surface area contributed by atoms with Crippen LogP contribution in [0.3, 0.4) is 0 Å². The van der Waals surface area contributed by atoms with E-state index in [1.54, 1.807) is 11.9 Å². The first kappa shape index (κ1) is 14.1. The molecule has 19 heavy (non-hydrogen) atoms. The molecule has 2 aliphatic rings.